The van der Waals surface area contributed by atoms with Gasteiger partial charge in [0.25, 0.3) is 0 Å². The number of rotatable bonds is 3. The van der Waals surface area contributed by atoms with E-state index in [0.29, 0.717) is 0 Å². The Morgan fingerprint density at radius 2 is 2.42 bits per heavy atom. The molecule has 1 aromatic heterocycles. The molecule has 1 aromatic rings. The summed E-state index contributed by atoms with van der Waals surface area (Å²) in [6, 6.07) is 0. The monoisotopic (exact) mass is 166 g/mol. The molecule has 3 heteroatoms. The van der Waals surface area contributed by atoms with Gasteiger partial charge in [0.2, 0.25) is 5.88 Å². The summed E-state index contributed by atoms with van der Waals surface area (Å²) in [5.41, 5.74) is 1.12. The van der Waals surface area contributed by atoms with Crippen LogP contribution in [0.15, 0.2) is 6.20 Å². The quantitative estimate of drug-likeness (QED) is 0.680. The molecule has 2 rings (SSSR count). The lowest BCUT2D eigenvalue weighted by Gasteiger charge is -2.00. The van der Waals surface area contributed by atoms with Crippen LogP contribution in [0.25, 0.3) is 0 Å². The van der Waals surface area contributed by atoms with Crippen LogP contribution in [0.1, 0.15) is 18.4 Å². The Balaban J connectivity index is 1.96. The minimum atomic E-state index is 0.796. The van der Waals surface area contributed by atoms with Gasteiger partial charge in [0.1, 0.15) is 0 Å². The van der Waals surface area contributed by atoms with Crippen molar-refractivity contribution in [2.75, 3.05) is 6.61 Å². The molecule has 1 fully saturated rings. The number of ether oxygens (including phenoxy) is 1. The minimum absolute atomic E-state index is 0.796. The zero-order chi connectivity index (χ0) is 8.55. The van der Waals surface area contributed by atoms with Crippen molar-refractivity contribution >= 4 is 0 Å². The van der Waals surface area contributed by atoms with E-state index in [0.717, 1.165) is 24.0 Å². The second-order valence-electron chi connectivity index (χ2n) is 3.55. The van der Waals surface area contributed by atoms with Crippen molar-refractivity contribution in [1.82, 2.24) is 9.78 Å². The average Bonchev–Trinajstić information content (AvgIpc) is 2.76. The molecule has 0 N–H and O–H groups in total. The van der Waals surface area contributed by atoms with Crippen LogP contribution in [0.2, 0.25) is 0 Å². The van der Waals surface area contributed by atoms with Gasteiger partial charge in [0.15, 0.2) is 0 Å². The zero-order valence-corrected chi connectivity index (χ0v) is 7.58. The molecular formula is C9H14N2O. The molecule has 0 aliphatic heterocycles. The standard InChI is InChI=1S/C9H14N2O/c1-7-5-11(2)10-9(7)12-6-8-3-4-8/h5,8H,3-4,6H2,1-2H3. The van der Waals surface area contributed by atoms with Crippen LogP contribution < -0.4 is 4.74 Å². The lowest BCUT2D eigenvalue weighted by atomic mass is 10.4. The van der Waals surface area contributed by atoms with Crippen LogP contribution in [0.5, 0.6) is 5.88 Å². The normalized spacial score (nSPS) is 16.5. The largest absolute Gasteiger partial charge is 0.476 e. The molecule has 0 unspecified atom stereocenters. The highest BCUT2D eigenvalue weighted by molar-refractivity contribution is 5.20. The molecule has 0 aromatic carbocycles. The van der Waals surface area contributed by atoms with Crippen molar-refractivity contribution in [3.8, 4) is 5.88 Å². The van der Waals surface area contributed by atoms with Crippen LogP contribution in [0.4, 0.5) is 0 Å². The highest BCUT2D eigenvalue weighted by atomic mass is 16.5. The highest BCUT2D eigenvalue weighted by Crippen LogP contribution is 2.29. The molecule has 0 saturated heterocycles. The molecule has 1 aliphatic rings. The topological polar surface area (TPSA) is 27.1 Å². The van der Waals surface area contributed by atoms with Crippen molar-refractivity contribution in [1.29, 1.82) is 0 Å². The number of nitrogens with zero attached hydrogens (tertiary/aromatic N) is 2. The molecule has 12 heavy (non-hydrogen) atoms. The van der Waals surface area contributed by atoms with Crippen molar-refractivity contribution in [3.05, 3.63) is 11.8 Å². The van der Waals surface area contributed by atoms with Gasteiger partial charge in [0, 0.05) is 18.8 Å². The predicted molar refractivity (Wildman–Crippen MR) is 46.2 cm³/mol. The van der Waals surface area contributed by atoms with E-state index >= 15 is 0 Å². The Morgan fingerprint density at radius 3 is 2.92 bits per heavy atom. The molecule has 0 spiro atoms. The lowest BCUT2D eigenvalue weighted by Crippen LogP contribution is -2.00. The second kappa shape index (κ2) is 2.81. The van der Waals surface area contributed by atoms with Gasteiger partial charge >= 0.3 is 0 Å². The van der Waals surface area contributed by atoms with Gasteiger partial charge < -0.3 is 4.74 Å². The van der Waals surface area contributed by atoms with Crippen LogP contribution >= 0.6 is 0 Å². The van der Waals surface area contributed by atoms with E-state index in [2.05, 4.69) is 5.10 Å². The Labute approximate surface area is 72.3 Å². The van der Waals surface area contributed by atoms with Gasteiger partial charge in [-0.05, 0) is 25.7 Å². The minimum Gasteiger partial charge on any atom is -0.476 e. The van der Waals surface area contributed by atoms with E-state index in [-0.39, 0.29) is 0 Å². The average molecular weight is 166 g/mol. The summed E-state index contributed by atoms with van der Waals surface area (Å²) in [5.74, 6) is 1.59. The highest BCUT2D eigenvalue weighted by Gasteiger charge is 2.22. The molecule has 0 bridgehead atoms. The zero-order valence-electron chi connectivity index (χ0n) is 7.58. The number of hydrogen-bond acceptors (Lipinski definition) is 2. The summed E-state index contributed by atoms with van der Waals surface area (Å²) in [7, 11) is 1.91. The fourth-order valence-corrected chi connectivity index (χ4v) is 1.21. The van der Waals surface area contributed by atoms with E-state index in [1.807, 2.05) is 20.2 Å². The van der Waals surface area contributed by atoms with E-state index < -0.39 is 0 Å². The van der Waals surface area contributed by atoms with E-state index in [1.165, 1.54) is 12.8 Å². The van der Waals surface area contributed by atoms with Gasteiger partial charge in [-0.25, -0.2) is 0 Å². The van der Waals surface area contributed by atoms with Gasteiger partial charge in [0.05, 0.1) is 6.61 Å². The van der Waals surface area contributed by atoms with Gasteiger partial charge in [-0.15, -0.1) is 5.10 Å². The summed E-state index contributed by atoms with van der Waals surface area (Å²) in [5, 5.41) is 4.20. The fourth-order valence-electron chi connectivity index (χ4n) is 1.21. The summed E-state index contributed by atoms with van der Waals surface area (Å²) in [6.07, 6.45) is 4.62. The molecule has 0 radical (unpaired) electrons. The number of aromatic nitrogens is 2. The van der Waals surface area contributed by atoms with Gasteiger partial charge in [-0.3, -0.25) is 4.68 Å². The molecule has 66 valence electrons. The van der Waals surface area contributed by atoms with E-state index in [1.54, 1.807) is 4.68 Å². The van der Waals surface area contributed by atoms with E-state index in [4.69, 9.17) is 4.74 Å². The third kappa shape index (κ3) is 1.60. The maximum absolute atomic E-state index is 5.55. The first-order valence-corrected chi connectivity index (χ1v) is 4.39. The lowest BCUT2D eigenvalue weighted by molar-refractivity contribution is 0.284. The molecule has 1 aliphatic carbocycles. The first kappa shape index (κ1) is 7.65. The third-order valence-corrected chi connectivity index (χ3v) is 2.12. The van der Waals surface area contributed by atoms with Crippen molar-refractivity contribution < 1.29 is 4.74 Å². The first-order chi connectivity index (χ1) is 5.75. The van der Waals surface area contributed by atoms with Crippen molar-refractivity contribution in [2.24, 2.45) is 13.0 Å². The smallest absolute Gasteiger partial charge is 0.235 e. The Bertz CT molecular complexity index is 276. The van der Waals surface area contributed by atoms with Crippen molar-refractivity contribution in [2.45, 2.75) is 19.8 Å². The fraction of sp³-hybridized carbons (Fsp3) is 0.667. The van der Waals surface area contributed by atoms with Gasteiger partial charge in [-0.1, -0.05) is 0 Å². The Morgan fingerprint density at radius 1 is 1.67 bits per heavy atom. The van der Waals surface area contributed by atoms with Gasteiger partial charge in [-0.2, -0.15) is 0 Å². The maximum Gasteiger partial charge on any atom is 0.235 e. The predicted octanol–water partition coefficient (Wildman–Crippen LogP) is 1.52. The Kier molecular flexibility index (Phi) is 1.79. The maximum atomic E-state index is 5.55. The molecule has 0 atom stereocenters. The summed E-state index contributed by atoms with van der Waals surface area (Å²) in [4.78, 5) is 0. The van der Waals surface area contributed by atoms with Crippen LogP contribution in [-0.4, -0.2) is 16.4 Å². The summed E-state index contributed by atoms with van der Waals surface area (Å²) >= 11 is 0. The number of aryl methyl sites for hydroxylation is 2. The second-order valence-corrected chi connectivity index (χ2v) is 3.55. The molecule has 1 saturated carbocycles. The van der Waals surface area contributed by atoms with Crippen LogP contribution in [-0.2, 0) is 7.05 Å². The summed E-state index contributed by atoms with van der Waals surface area (Å²) < 4.78 is 7.34. The van der Waals surface area contributed by atoms with Crippen LogP contribution in [0, 0.1) is 12.8 Å². The Hall–Kier alpha value is -0.990. The number of hydrogen-bond donors (Lipinski definition) is 0. The molecule has 3 nitrogen and oxygen atoms in total. The van der Waals surface area contributed by atoms with Crippen LogP contribution in [0.3, 0.4) is 0 Å². The summed E-state index contributed by atoms with van der Waals surface area (Å²) in [6.45, 7) is 2.87. The molecule has 1 heterocycles. The van der Waals surface area contributed by atoms with E-state index in [9.17, 15) is 0 Å². The molecular weight excluding hydrogens is 152 g/mol. The molecule has 0 amide bonds. The van der Waals surface area contributed by atoms with Crippen molar-refractivity contribution in [3.63, 3.8) is 0 Å². The third-order valence-electron chi connectivity index (χ3n) is 2.12. The SMILES string of the molecule is Cc1cn(C)nc1OCC1CC1. The first-order valence-electron chi connectivity index (χ1n) is 4.39.